The normalized spacial score (nSPS) is 8.69. The van der Waals surface area contributed by atoms with E-state index in [1.165, 1.54) is 22.3 Å². The van der Waals surface area contributed by atoms with Gasteiger partial charge in [-0.25, -0.2) is 0 Å². The monoisotopic (exact) mass is 198 g/mol. The lowest BCUT2D eigenvalue weighted by Gasteiger charge is -2.04. The summed E-state index contributed by atoms with van der Waals surface area (Å²) < 4.78 is 0. The lowest BCUT2D eigenvalue weighted by atomic mass is 10.0. The number of carbonyl (C=O) groups is 1. The topological polar surface area (TPSA) is 17.1 Å². The van der Waals surface area contributed by atoms with E-state index in [1.54, 1.807) is 0 Å². The highest BCUT2D eigenvalue weighted by molar-refractivity contribution is 6.54. The molecule has 0 spiro atoms. The predicted octanol–water partition coefficient (Wildman–Crippen LogP) is 3.34. The van der Waals surface area contributed by atoms with Crippen molar-refractivity contribution >= 4 is 17.3 Å². The Morgan fingerprint density at radius 1 is 0.923 bits per heavy atom. The van der Waals surface area contributed by atoms with E-state index in [1.807, 2.05) is 0 Å². The number of rotatable bonds is 0. The van der Waals surface area contributed by atoms with Gasteiger partial charge in [-0.05, 0) is 61.5 Å². The van der Waals surface area contributed by atoms with Crippen LogP contribution < -0.4 is 0 Å². The van der Waals surface area contributed by atoms with Crippen LogP contribution in [0.15, 0.2) is 12.1 Å². The van der Waals surface area contributed by atoms with E-state index in [-0.39, 0.29) is 5.75 Å². The minimum Gasteiger partial charge on any atom is -0.285 e. The van der Waals surface area contributed by atoms with E-state index in [2.05, 4.69) is 51.4 Å². The van der Waals surface area contributed by atoms with Crippen LogP contribution in [0.25, 0.3) is 0 Å². The molecule has 1 nitrogen and oxygen atoms in total. The number of halogens is 1. The lowest BCUT2D eigenvalue weighted by Crippen LogP contribution is -1.86. The maximum atomic E-state index is 8.57. The molecule has 0 atom stereocenters. The molecule has 2 heteroatoms. The molecule has 72 valence electrons. The van der Waals surface area contributed by atoms with Crippen LogP contribution in [0, 0.1) is 27.7 Å². The number of hydrogen-bond acceptors (Lipinski definition) is 1. The van der Waals surface area contributed by atoms with Gasteiger partial charge in [0.05, 0.1) is 0 Å². The van der Waals surface area contributed by atoms with Crippen LogP contribution in [0.3, 0.4) is 0 Å². The summed E-state index contributed by atoms with van der Waals surface area (Å²) >= 11 is 4.32. The Bertz CT molecular complexity index is 242. The summed E-state index contributed by atoms with van der Waals surface area (Å²) in [5.41, 5.74) is 5.57. The van der Waals surface area contributed by atoms with Crippen molar-refractivity contribution in [3.63, 3.8) is 0 Å². The molecule has 0 heterocycles. The van der Waals surface area contributed by atoms with Crippen molar-refractivity contribution in [1.82, 2.24) is 0 Å². The van der Waals surface area contributed by atoms with Gasteiger partial charge in [-0.3, -0.25) is 4.79 Å². The highest BCUT2D eigenvalue weighted by Crippen LogP contribution is 2.13. The van der Waals surface area contributed by atoms with Crippen LogP contribution in [-0.4, -0.2) is 5.75 Å². The van der Waals surface area contributed by atoms with Crippen LogP contribution in [0.1, 0.15) is 22.3 Å². The zero-order valence-corrected chi connectivity index (χ0v) is 9.27. The zero-order valence-electron chi connectivity index (χ0n) is 8.52. The summed E-state index contributed by atoms with van der Waals surface area (Å²) in [4.78, 5) is 8.57. The summed E-state index contributed by atoms with van der Waals surface area (Å²) in [6.45, 7) is 8.62. The number of aryl methyl sites for hydroxylation is 4. The molecule has 0 fully saturated rings. The Kier molecular flexibility index (Phi) is 5.40. The van der Waals surface area contributed by atoms with Gasteiger partial charge in [0.15, 0.2) is 0 Å². The molecule has 1 aromatic rings. The largest absolute Gasteiger partial charge is 0.285 e. The Balaban J connectivity index is 0.000000424. The molecule has 0 saturated heterocycles. The average molecular weight is 199 g/mol. The maximum absolute atomic E-state index is 8.57. The highest BCUT2D eigenvalue weighted by atomic mass is 35.5. The van der Waals surface area contributed by atoms with Crippen molar-refractivity contribution < 1.29 is 4.79 Å². The van der Waals surface area contributed by atoms with Crippen molar-refractivity contribution in [3.8, 4) is 0 Å². The summed E-state index contributed by atoms with van der Waals surface area (Å²) in [6, 6.07) is 4.48. The van der Waals surface area contributed by atoms with E-state index < -0.39 is 0 Å². The third kappa shape index (κ3) is 4.09. The maximum Gasteiger partial charge on any atom is 0.208 e. The molecule has 0 unspecified atom stereocenters. The molecule has 0 aliphatic rings. The van der Waals surface area contributed by atoms with Gasteiger partial charge in [-0.1, -0.05) is 12.1 Å². The molecular weight excluding hydrogens is 184 g/mol. The van der Waals surface area contributed by atoms with E-state index in [0.29, 0.717) is 0 Å². The molecule has 13 heavy (non-hydrogen) atoms. The smallest absolute Gasteiger partial charge is 0.208 e. The Hall–Kier alpha value is -0.820. The SMILES string of the molecule is Cc1cc(C)c(C)cc1C.O=CCl. The van der Waals surface area contributed by atoms with E-state index in [9.17, 15) is 0 Å². The second kappa shape index (κ2) is 5.76. The quantitative estimate of drug-likeness (QED) is 0.462. The number of benzene rings is 1. The standard InChI is InChI=1S/C10H14.CHClO/c1-7-5-9(3)10(4)6-8(7)2;2-1-3/h5-6H,1-4H3;1H. The molecular formula is C11H15ClO. The average Bonchev–Trinajstić information content (AvgIpc) is 2.03. The first-order valence-corrected chi connectivity index (χ1v) is 4.55. The predicted molar refractivity (Wildman–Crippen MR) is 58.0 cm³/mol. The van der Waals surface area contributed by atoms with Crippen molar-refractivity contribution in [1.29, 1.82) is 0 Å². The molecule has 0 amide bonds. The van der Waals surface area contributed by atoms with Crippen LogP contribution in [0.5, 0.6) is 0 Å². The minimum atomic E-state index is 0.222. The van der Waals surface area contributed by atoms with Crippen molar-refractivity contribution in [3.05, 3.63) is 34.4 Å². The summed E-state index contributed by atoms with van der Waals surface area (Å²) in [5, 5.41) is 0. The first-order chi connectivity index (χ1) is 6.02. The van der Waals surface area contributed by atoms with Crippen molar-refractivity contribution in [2.24, 2.45) is 0 Å². The highest BCUT2D eigenvalue weighted by Gasteiger charge is 1.95. The number of hydrogen-bond donors (Lipinski definition) is 0. The van der Waals surface area contributed by atoms with Gasteiger partial charge in [0.2, 0.25) is 5.75 Å². The molecule has 0 radical (unpaired) electrons. The van der Waals surface area contributed by atoms with E-state index >= 15 is 0 Å². The second-order valence-corrected chi connectivity index (χ2v) is 3.29. The van der Waals surface area contributed by atoms with Gasteiger partial charge < -0.3 is 0 Å². The van der Waals surface area contributed by atoms with E-state index in [0.717, 1.165) is 0 Å². The van der Waals surface area contributed by atoms with Crippen LogP contribution in [0.4, 0.5) is 0 Å². The molecule has 0 aliphatic carbocycles. The van der Waals surface area contributed by atoms with Crippen LogP contribution in [0.2, 0.25) is 0 Å². The minimum absolute atomic E-state index is 0.222. The van der Waals surface area contributed by atoms with Gasteiger partial charge in [0.25, 0.3) is 0 Å². The van der Waals surface area contributed by atoms with Gasteiger partial charge in [-0.2, -0.15) is 0 Å². The van der Waals surface area contributed by atoms with Gasteiger partial charge in [-0.15, -0.1) is 0 Å². The third-order valence-corrected chi connectivity index (χ3v) is 2.11. The first-order valence-electron chi connectivity index (χ1n) is 4.11. The van der Waals surface area contributed by atoms with Crippen molar-refractivity contribution in [2.75, 3.05) is 0 Å². The van der Waals surface area contributed by atoms with E-state index in [4.69, 9.17) is 4.79 Å². The summed E-state index contributed by atoms with van der Waals surface area (Å²) in [5.74, 6) is 0.222. The molecule has 0 aliphatic heterocycles. The first kappa shape index (κ1) is 12.2. The number of carbonyl (C=O) groups excluding carboxylic acids is 1. The molecule has 1 rings (SSSR count). The zero-order chi connectivity index (χ0) is 10.4. The van der Waals surface area contributed by atoms with Gasteiger partial charge in [0, 0.05) is 0 Å². The fourth-order valence-electron chi connectivity index (χ4n) is 1.10. The second-order valence-electron chi connectivity index (χ2n) is 3.11. The molecule has 0 aromatic heterocycles. The molecule has 0 saturated carbocycles. The molecule has 1 aromatic carbocycles. The third-order valence-electron chi connectivity index (χ3n) is 2.11. The Morgan fingerprint density at radius 2 is 1.08 bits per heavy atom. The van der Waals surface area contributed by atoms with Crippen LogP contribution in [-0.2, 0) is 4.79 Å². The van der Waals surface area contributed by atoms with Gasteiger partial charge in [0.1, 0.15) is 0 Å². The summed E-state index contributed by atoms with van der Waals surface area (Å²) in [6.07, 6.45) is 0. The lowest BCUT2D eigenvalue weighted by molar-refractivity contribution is 0.569. The van der Waals surface area contributed by atoms with Crippen LogP contribution >= 0.6 is 11.6 Å². The fraction of sp³-hybridized carbons (Fsp3) is 0.364. The Labute approximate surface area is 84.7 Å². The molecule has 0 N–H and O–H groups in total. The molecule has 0 bridgehead atoms. The van der Waals surface area contributed by atoms with Gasteiger partial charge >= 0.3 is 0 Å². The Morgan fingerprint density at radius 3 is 1.23 bits per heavy atom. The van der Waals surface area contributed by atoms with Crippen molar-refractivity contribution in [2.45, 2.75) is 27.7 Å². The fourth-order valence-corrected chi connectivity index (χ4v) is 1.10. The summed E-state index contributed by atoms with van der Waals surface area (Å²) in [7, 11) is 0.